The third kappa shape index (κ3) is 4.58. The molecular formula is C23H25BN2O. The maximum Gasteiger partial charge on any atom is 0.312 e. The van der Waals surface area contributed by atoms with Crippen LogP contribution in [0.5, 0.6) is 0 Å². The van der Waals surface area contributed by atoms with Crippen LogP contribution in [0.3, 0.4) is 0 Å². The van der Waals surface area contributed by atoms with E-state index in [9.17, 15) is 4.79 Å². The highest BCUT2D eigenvalue weighted by atomic mass is 16.1. The number of nitrogens with zero attached hydrogens (tertiary/aromatic N) is 1. The van der Waals surface area contributed by atoms with Crippen molar-refractivity contribution in [3.63, 3.8) is 0 Å². The SMILES string of the molecule is O=C(CC1CCN(Cc2ccccc2)C1)c1ccc(B2C=CC=CN2)cc1. The third-order valence-electron chi connectivity index (χ3n) is 5.47. The summed E-state index contributed by atoms with van der Waals surface area (Å²) in [6.07, 6.45) is 7.73. The molecule has 1 fully saturated rings. The van der Waals surface area contributed by atoms with Gasteiger partial charge in [-0.15, -0.1) is 0 Å². The molecule has 1 N–H and O–H groups in total. The molecule has 2 aliphatic heterocycles. The summed E-state index contributed by atoms with van der Waals surface area (Å²) in [5, 5.41) is 3.31. The summed E-state index contributed by atoms with van der Waals surface area (Å²) < 4.78 is 0. The minimum atomic E-state index is 0.195. The Morgan fingerprint density at radius 3 is 2.63 bits per heavy atom. The van der Waals surface area contributed by atoms with Crippen LogP contribution in [0.25, 0.3) is 0 Å². The lowest BCUT2D eigenvalue weighted by Crippen LogP contribution is -2.41. The van der Waals surface area contributed by atoms with Crippen molar-refractivity contribution in [1.82, 2.24) is 10.1 Å². The molecule has 1 unspecified atom stereocenters. The Morgan fingerprint density at radius 2 is 1.89 bits per heavy atom. The fourth-order valence-corrected chi connectivity index (χ4v) is 3.97. The van der Waals surface area contributed by atoms with E-state index < -0.39 is 0 Å². The number of hydrogen-bond acceptors (Lipinski definition) is 3. The molecule has 3 nitrogen and oxygen atoms in total. The second-order valence-electron chi connectivity index (χ2n) is 7.51. The fourth-order valence-electron chi connectivity index (χ4n) is 3.97. The van der Waals surface area contributed by atoms with Crippen LogP contribution in [-0.2, 0) is 6.54 Å². The zero-order chi connectivity index (χ0) is 18.5. The van der Waals surface area contributed by atoms with E-state index in [1.165, 1.54) is 11.0 Å². The molecule has 2 aromatic carbocycles. The lowest BCUT2D eigenvalue weighted by molar-refractivity contribution is 0.0962. The molecule has 1 saturated heterocycles. The van der Waals surface area contributed by atoms with Crippen molar-refractivity contribution in [2.75, 3.05) is 13.1 Å². The third-order valence-corrected chi connectivity index (χ3v) is 5.47. The van der Waals surface area contributed by atoms with Gasteiger partial charge in [-0.2, -0.15) is 0 Å². The molecule has 0 saturated carbocycles. The Bertz CT molecular complexity index is 829. The Kier molecular flexibility index (Phi) is 5.54. The topological polar surface area (TPSA) is 32.3 Å². The summed E-state index contributed by atoms with van der Waals surface area (Å²) >= 11 is 0. The molecule has 4 rings (SSSR count). The number of nitrogens with one attached hydrogen (secondary N) is 1. The first-order valence-corrected chi connectivity index (χ1v) is 9.77. The second-order valence-corrected chi connectivity index (χ2v) is 7.51. The first-order chi connectivity index (χ1) is 13.3. The van der Waals surface area contributed by atoms with Crippen molar-refractivity contribution in [3.8, 4) is 0 Å². The van der Waals surface area contributed by atoms with Crippen LogP contribution in [0, 0.1) is 5.92 Å². The maximum absolute atomic E-state index is 12.7. The number of rotatable bonds is 6. The minimum absolute atomic E-state index is 0.195. The van der Waals surface area contributed by atoms with E-state index in [4.69, 9.17) is 0 Å². The quantitative estimate of drug-likeness (QED) is 0.637. The van der Waals surface area contributed by atoms with Crippen LogP contribution in [0.2, 0.25) is 0 Å². The van der Waals surface area contributed by atoms with Gasteiger partial charge in [0.25, 0.3) is 0 Å². The summed E-state index contributed by atoms with van der Waals surface area (Å²) in [7, 11) is 0. The predicted octanol–water partition coefficient (Wildman–Crippen LogP) is 3.19. The summed E-state index contributed by atoms with van der Waals surface area (Å²) in [4.78, 5) is 15.2. The van der Waals surface area contributed by atoms with Gasteiger partial charge in [-0.05, 0) is 36.7 Å². The monoisotopic (exact) mass is 356 g/mol. The number of benzene rings is 2. The molecule has 27 heavy (non-hydrogen) atoms. The molecule has 4 heteroatoms. The van der Waals surface area contributed by atoms with Gasteiger partial charge in [0.15, 0.2) is 5.78 Å². The van der Waals surface area contributed by atoms with Crippen LogP contribution in [0.15, 0.2) is 78.9 Å². The van der Waals surface area contributed by atoms with E-state index in [0.717, 1.165) is 31.6 Å². The first kappa shape index (κ1) is 17.8. The normalized spacial score (nSPS) is 19.3. The number of hydrogen-bond donors (Lipinski definition) is 1. The van der Waals surface area contributed by atoms with Gasteiger partial charge in [0.2, 0.25) is 0 Å². The van der Waals surface area contributed by atoms with E-state index in [1.54, 1.807) is 0 Å². The van der Waals surface area contributed by atoms with Crippen LogP contribution >= 0.6 is 0 Å². The van der Waals surface area contributed by atoms with Crippen LogP contribution in [0.4, 0.5) is 0 Å². The van der Waals surface area contributed by atoms with Crippen LogP contribution in [0.1, 0.15) is 28.8 Å². The first-order valence-electron chi connectivity index (χ1n) is 9.77. The highest BCUT2D eigenvalue weighted by molar-refractivity contribution is 6.76. The molecule has 2 heterocycles. The van der Waals surface area contributed by atoms with Crippen molar-refractivity contribution >= 4 is 18.1 Å². The van der Waals surface area contributed by atoms with Gasteiger partial charge >= 0.3 is 6.85 Å². The van der Waals surface area contributed by atoms with E-state index in [2.05, 4.69) is 58.6 Å². The molecule has 0 spiro atoms. The van der Waals surface area contributed by atoms with Gasteiger partial charge in [-0.1, -0.05) is 72.1 Å². The lowest BCUT2D eigenvalue weighted by atomic mass is 9.55. The van der Waals surface area contributed by atoms with Crippen LogP contribution < -0.4 is 10.7 Å². The number of Topliss-reactive ketones (excluding diaryl/α,β-unsaturated/α-hetero) is 1. The van der Waals surface area contributed by atoms with E-state index in [1.807, 2.05) is 30.5 Å². The van der Waals surface area contributed by atoms with Gasteiger partial charge < -0.3 is 5.23 Å². The predicted molar refractivity (Wildman–Crippen MR) is 112 cm³/mol. The van der Waals surface area contributed by atoms with Crippen molar-refractivity contribution in [3.05, 3.63) is 90.1 Å². The summed E-state index contributed by atoms with van der Waals surface area (Å²) in [6, 6.07) is 18.6. The highest BCUT2D eigenvalue weighted by Gasteiger charge is 2.25. The Morgan fingerprint density at radius 1 is 1.07 bits per heavy atom. The number of allylic oxidation sites excluding steroid dienone is 2. The number of carbonyl (C=O) groups excluding carboxylic acids is 1. The van der Waals surface area contributed by atoms with Gasteiger partial charge in [0, 0.05) is 25.1 Å². The molecular weight excluding hydrogens is 331 g/mol. The van der Waals surface area contributed by atoms with Crippen molar-refractivity contribution < 1.29 is 4.79 Å². The zero-order valence-corrected chi connectivity index (χ0v) is 15.6. The molecule has 0 aromatic heterocycles. The van der Waals surface area contributed by atoms with Crippen molar-refractivity contribution in [2.24, 2.45) is 5.92 Å². The van der Waals surface area contributed by atoms with Crippen LogP contribution in [-0.4, -0.2) is 30.6 Å². The molecule has 0 radical (unpaired) electrons. The minimum Gasteiger partial charge on any atom is -0.427 e. The highest BCUT2D eigenvalue weighted by Crippen LogP contribution is 2.23. The average molecular weight is 356 g/mol. The Balaban J connectivity index is 1.30. The Hall–Kier alpha value is -2.59. The van der Waals surface area contributed by atoms with E-state index in [-0.39, 0.29) is 12.6 Å². The molecule has 1 atom stereocenters. The number of ketones is 1. The van der Waals surface area contributed by atoms with Crippen molar-refractivity contribution in [1.29, 1.82) is 0 Å². The molecule has 136 valence electrons. The summed E-state index contributed by atoms with van der Waals surface area (Å²) in [5.74, 6) is 2.85. The standard InChI is InChI=1S/C23H25BN2O/c27-23(21-8-10-22(11-9-21)24-13-4-5-14-25-24)16-20-12-15-26(18-20)17-19-6-2-1-3-7-19/h1-11,13-14,20,25H,12,15-18H2. The summed E-state index contributed by atoms with van der Waals surface area (Å²) in [6.45, 7) is 3.28. The van der Waals surface area contributed by atoms with Gasteiger partial charge in [0.05, 0.1) is 0 Å². The molecule has 0 amide bonds. The molecule has 0 bridgehead atoms. The lowest BCUT2D eigenvalue weighted by Gasteiger charge is -2.16. The molecule has 2 aromatic rings. The van der Waals surface area contributed by atoms with Gasteiger partial charge in [0.1, 0.15) is 0 Å². The summed E-state index contributed by atoms with van der Waals surface area (Å²) in [5.41, 5.74) is 3.36. The van der Waals surface area contributed by atoms with Gasteiger partial charge in [-0.25, -0.2) is 0 Å². The Labute approximate surface area is 161 Å². The zero-order valence-electron chi connectivity index (χ0n) is 15.6. The van der Waals surface area contributed by atoms with Crippen molar-refractivity contribution in [2.45, 2.75) is 19.4 Å². The van der Waals surface area contributed by atoms with E-state index >= 15 is 0 Å². The number of carbonyl (C=O) groups is 1. The molecule has 2 aliphatic rings. The second kappa shape index (κ2) is 8.40. The molecule has 0 aliphatic carbocycles. The fraction of sp³-hybridized carbons (Fsp3) is 0.261. The maximum atomic E-state index is 12.7. The largest absolute Gasteiger partial charge is 0.427 e. The average Bonchev–Trinajstić information content (AvgIpc) is 3.16. The number of likely N-dealkylation sites (tertiary alicyclic amines) is 1. The smallest absolute Gasteiger partial charge is 0.312 e. The van der Waals surface area contributed by atoms with E-state index in [0.29, 0.717) is 12.3 Å². The van der Waals surface area contributed by atoms with Gasteiger partial charge in [-0.3, -0.25) is 9.69 Å².